The van der Waals surface area contributed by atoms with Crippen LogP contribution in [-0.4, -0.2) is 46.3 Å². The van der Waals surface area contributed by atoms with Crippen molar-refractivity contribution in [1.29, 1.82) is 0 Å². The number of esters is 1. The summed E-state index contributed by atoms with van der Waals surface area (Å²) in [5.74, 6) is -0.157. The molecule has 0 atom stereocenters. The van der Waals surface area contributed by atoms with Gasteiger partial charge in [0.2, 0.25) is 0 Å². The molecule has 0 aromatic heterocycles. The fraction of sp³-hybridized carbons (Fsp3) is 0.833. The Kier molecular flexibility index (Phi) is 25.1. The van der Waals surface area contributed by atoms with Gasteiger partial charge in [0, 0.05) is 6.42 Å². The molecule has 0 amide bonds. The largest absolute Gasteiger partial charge is 0.469 e. The van der Waals surface area contributed by atoms with Gasteiger partial charge in [0.05, 0.1) is 20.3 Å². The zero-order chi connectivity index (χ0) is 12.0. The van der Waals surface area contributed by atoms with Crippen LogP contribution in [0.3, 0.4) is 0 Å². The minimum atomic E-state index is -3.13. The van der Waals surface area contributed by atoms with Crippen LogP contribution in [0, 0.1) is 0 Å². The van der Waals surface area contributed by atoms with E-state index in [2.05, 4.69) is 4.74 Å². The molecule has 0 heterocycles. The first-order chi connectivity index (χ1) is 6.45. The van der Waals surface area contributed by atoms with E-state index in [1.807, 2.05) is 0 Å². The van der Waals surface area contributed by atoms with Crippen molar-refractivity contribution in [2.45, 2.75) is 13.3 Å². The van der Waals surface area contributed by atoms with Gasteiger partial charge in [-0.2, -0.15) is 0 Å². The second-order valence-electron chi connectivity index (χ2n) is 1.66. The molecular formula is C6H17O7P. The first-order valence-electron chi connectivity index (χ1n) is 3.66. The maximum Gasteiger partial charge on any atom is 0.314 e. The topological polar surface area (TPSA) is 124 Å². The van der Waals surface area contributed by atoms with Gasteiger partial charge in [0.1, 0.15) is 0 Å². The molecule has 0 saturated carbocycles. The average molecular weight is 232 g/mol. The first kappa shape index (κ1) is 19.2. The number of hydrogen-bond donors (Lipinski definition) is 4. The summed E-state index contributed by atoms with van der Waals surface area (Å²) in [7, 11) is -1.75. The van der Waals surface area contributed by atoms with Crippen molar-refractivity contribution >= 4 is 14.2 Å². The summed E-state index contributed by atoms with van der Waals surface area (Å²) in [6.45, 7) is 1.51. The lowest BCUT2D eigenvalue weighted by Gasteiger charge is -1.87. The lowest BCUT2D eigenvalue weighted by molar-refractivity contribution is -0.140. The van der Waals surface area contributed by atoms with Gasteiger partial charge in [0.25, 0.3) is 0 Å². The summed E-state index contributed by atoms with van der Waals surface area (Å²) in [6.07, 6.45) is 0.469. The number of ether oxygens (including phenoxy) is 1. The van der Waals surface area contributed by atoms with E-state index in [0.29, 0.717) is 6.42 Å². The molecule has 4 N–H and O–H groups in total. The quantitative estimate of drug-likeness (QED) is 0.352. The van der Waals surface area contributed by atoms with E-state index < -0.39 is 8.25 Å². The molecule has 0 aromatic rings. The number of hydrogen-bond acceptors (Lipinski definition) is 5. The minimum Gasteiger partial charge on any atom is -0.469 e. The van der Waals surface area contributed by atoms with E-state index in [-0.39, 0.29) is 19.2 Å². The Bertz CT molecular complexity index is 126. The third kappa shape index (κ3) is 62.2. The van der Waals surface area contributed by atoms with E-state index in [4.69, 9.17) is 24.6 Å². The predicted octanol–water partition coefficient (Wildman–Crippen LogP) is -1.10. The van der Waals surface area contributed by atoms with E-state index in [9.17, 15) is 4.79 Å². The van der Waals surface area contributed by atoms with Gasteiger partial charge < -0.3 is 24.7 Å². The Morgan fingerprint density at radius 2 is 1.57 bits per heavy atom. The molecule has 0 rings (SSSR count). The molecule has 0 saturated heterocycles. The molecule has 0 radical (unpaired) electrons. The lowest BCUT2D eigenvalue weighted by Crippen LogP contribution is -1.94. The van der Waals surface area contributed by atoms with Crippen LogP contribution < -0.4 is 0 Å². The second kappa shape index (κ2) is 18.3. The molecule has 0 fully saturated rings. The molecule has 0 spiro atoms. The zero-order valence-electron chi connectivity index (χ0n) is 8.13. The van der Waals surface area contributed by atoms with Gasteiger partial charge in [-0.15, -0.1) is 0 Å². The van der Waals surface area contributed by atoms with Crippen LogP contribution in [0.2, 0.25) is 0 Å². The number of carbonyl (C=O) groups is 1. The van der Waals surface area contributed by atoms with Crippen molar-refractivity contribution in [3.8, 4) is 0 Å². The Labute approximate surface area is 82.9 Å². The molecule has 0 aliphatic carbocycles. The summed E-state index contributed by atoms with van der Waals surface area (Å²) in [5, 5.41) is 15.2. The lowest BCUT2D eigenvalue weighted by atomic mass is 10.5. The van der Waals surface area contributed by atoms with E-state index in [1.54, 1.807) is 6.92 Å². The van der Waals surface area contributed by atoms with Crippen LogP contribution in [0.5, 0.6) is 0 Å². The zero-order valence-corrected chi connectivity index (χ0v) is 9.13. The van der Waals surface area contributed by atoms with E-state index >= 15 is 0 Å². The summed E-state index contributed by atoms with van der Waals surface area (Å²) in [5.41, 5.74) is 0. The Balaban J connectivity index is -0.000000135. The molecule has 0 aliphatic heterocycles. The highest BCUT2D eigenvalue weighted by Gasteiger charge is 1.87. The highest BCUT2D eigenvalue weighted by atomic mass is 31.1. The van der Waals surface area contributed by atoms with E-state index in [1.165, 1.54) is 7.11 Å². The van der Waals surface area contributed by atoms with Gasteiger partial charge >= 0.3 is 14.2 Å². The van der Waals surface area contributed by atoms with Crippen LogP contribution in [0.15, 0.2) is 0 Å². The Morgan fingerprint density at radius 1 is 1.29 bits per heavy atom. The minimum absolute atomic E-state index is 0.125. The number of aliphatic hydroxyl groups excluding tert-OH is 2. The summed E-state index contributed by atoms with van der Waals surface area (Å²) >= 11 is 0. The highest BCUT2D eigenvalue weighted by molar-refractivity contribution is 7.30. The van der Waals surface area contributed by atoms with Crippen LogP contribution in [0.25, 0.3) is 0 Å². The van der Waals surface area contributed by atoms with Crippen LogP contribution >= 0.6 is 8.25 Å². The summed E-state index contributed by atoms with van der Waals surface area (Å²) < 4.78 is 13.0. The molecule has 0 unspecified atom stereocenters. The third-order valence-corrected chi connectivity index (χ3v) is 0.616. The molecule has 14 heavy (non-hydrogen) atoms. The monoisotopic (exact) mass is 232 g/mol. The molecular weight excluding hydrogens is 215 g/mol. The maximum atomic E-state index is 9.96. The van der Waals surface area contributed by atoms with Crippen LogP contribution in [0.4, 0.5) is 0 Å². The fourth-order valence-corrected chi connectivity index (χ4v) is 0.144. The smallest absolute Gasteiger partial charge is 0.314 e. The number of methoxy groups -OCH3 is 1. The van der Waals surface area contributed by atoms with Gasteiger partial charge in [-0.3, -0.25) is 9.36 Å². The van der Waals surface area contributed by atoms with Crippen molar-refractivity contribution < 1.29 is 34.1 Å². The Morgan fingerprint density at radius 3 is 1.57 bits per heavy atom. The highest BCUT2D eigenvalue weighted by Crippen LogP contribution is 1.98. The van der Waals surface area contributed by atoms with Crippen LogP contribution in [-0.2, 0) is 14.1 Å². The van der Waals surface area contributed by atoms with Crippen LogP contribution in [0.1, 0.15) is 13.3 Å². The molecule has 0 aromatic carbocycles. The average Bonchev–Trinajstić information content (AvgIpc) is 2.16. The van der Waals surface area contributed by atoms with Gasteiger partial charge in [-0.05, 0) is 0 Å². The fourth-order valence-electron chi connectivity index (χ4n) is 0.144. The SMILES string of the molecule is CCC(=O)OC.O=[PH](O)O.OCCO. The normalized spacial score (nSPS) is 7.93. The molecule has 8 heteroatoms. The van der Waals surface area contributed by atoms with Gasteiger partial charge in [0.15, 0.2) is 0 Å². The Hall–Kier alpha value is -0.460. The van der Waals surface area contributed by atoms with Gasteiger partial charge in [-0.25, -0.2) is 0 Å². The number of carbonyl (C=O) groups excluding carboxylic acids is 1. The van der Waals surface area contributed by atoms with Crippen molar-refractivity contribution in [1.82, 2.24) is 0 Å². The predicted molar refractivity (Wildman–Crippen MR) is 49.9 cm³/mol. The van der Waals surface area contributed by atoms with Crippen molar-refractivity contribution in [3.63, 3.8) is 0 Å². The number of aliphatic hydroxyl groups is 2. The molecule has 7 nitrogen and oxygen atoms in total. The van der Waals surface area contributed by atoms with Crippen molar-refractivity contribution in [3.05, 3.63) is 0 Å². The molecule has 0 bridgehead atoms. The standard InChI is InChI=1S/C4H8O2.C2H6O2.H3O3P/c1-3-4(5)6-2;3-1-2-4;1-4(2)3/h3H2,1-2H3;3-4H,1-2H2;4H,(H2,1,2,3). The summed E-state index contributed by atoms with van der Waals surface area (Å²) in [4.78, 5) is 24.3. The van der Waals surface area contributed by atoms with Gasteiger partial charge in [-0.1, -0.05) is 6.92 Å². The maximum absolute atomic E-state index is 9.96. The molecule has 88 valence electrons. The van der Waals surface area contributed by atoms with Crippen molar-refractivity contribution in [2.75, 3.05) is 20.3 Å². The second-order valence-corrected chi connectivity index (χ2v) is 2.22. The van der Waals surface area contributed by atoms with Crippen molar-refractivity contribution in [2.24, 2.45) is 0 Å². The first-order valence-corrected chi connectivity index (χ1v) is 4.96. The third-order valence-electron chi connectivity index (χ3n) is 0.616. The van der Waals surface area contributed by atoms with E-state index in [0.717, 1.165) is 0 Å². The molecule has 0 aliphatic rings. The summed E-state index contributed by atoms with van der Waals surface area (Å²) in [6, 6.07) is 0. The number of rotatable bonds is 2.